The van der Waals surface area contributed by atoms with Crippen molar-refractivity contribution in [2.75, 3.05) is 19.0 Å². The standard InChI is InChI=1S/C16H24ClN/c1-2-5-13(8-9-17)11-18-12-15-10-14-6-3-4-7-16(14)15/h3-4,6-7,13,15,18H,2,5,8-12H2,1H3. The van der Waals surface area contributed by atoms with E-state index in [2.05, 4.69) is 36.5 Å². The zero-order valence-electron chi connectivity index (χ0n) is 11.3. The lowest BCUT2D eigenvalue weighted by Gasteiger charge is -2.31. The number of rotatable bonds is 8. The molecular formula is C16H24ClN. The van der Waals surface area contributed by atoms with Gasteiger partial charge in [0.05, 0.1) is 0 Å². The molecule has 18 heavy (non-hydrogen) atoms. The fourth-order valence-electron chi connectivity index (χ4n) is 2.92. The first-order chi connectivity index (χ1) is 8.85. The van der Waals surface area contributed by atoms with Crippen molar-refractivity contribution in [3.05, 3.63) is 35.4 Å². The van der Waals surface area contributed by atoms with E-state index in [9.17, 15) is 0 Å². The normalized spacial score (nSPS) is 19.1. The van der Waals surface area contributed by atoms with E-state index in [1.54, 1.807) is 5.56 Å². The van der Waals surface area contributed by atoms with Gasteiger partial charge < -0.3 is 5.32 Å². The Labute approximate surface area is 116 Å². The molecular weight excluding hydrogens is 242 g/mol. The molecule has 1 nitrogen and oxygen atoms in total. The molecule has 100 valence electrons. The zero-order chi connectivity index (χ0) is 12.8. The van der Waals surface area contributed by atoms with E-state index in [0.29, 0.717) is 0 Å². The van der Waals surface area contributed by atoms with E-state index < -0.39 is 0 Å². The van der Waals surface area contributed by atoms with Gasteiger partial charge in [-0.15, -0.1) is 11.6 Å². The number of hydrogen-bond donors (Lipinski definition) is 1. The summed E-state index contributed by atoms with van der Waals surface area (Å²) in [5.74, 6) is 2.28. The van der Waals surface area contributed by atoms with Crippen LogP contribution in [0.1, 0.15) is 43.2 Å². The predicted molar refractivity (Wildman–Crippen MR) is 79.5 cm³/mol. The highest BCUT2D eigenvalue weighted by Gasteiger charge is 2.24. The summed E-state index contributed by atoms with van der Waals surface area (Å²) in [7, 11) is 0. The van der Waals surface area contributed by atoms with Gasteiger partial charge >= 0.3 is 0 Å². The zero-order valence-corrected chi connectivity index (χ0v) is 12.0. The largest absolute Gasteiger partial charge is 0.316 e. The molecule has 0 spiro atoms. The number of hydrogen-bond acceptors (Lipinski definition) is 1. The lowest BCUT2D eigenvalue weighted by Crippen LogP contribution is -2.32. The molecule has 0 saturated carbocycles. The monoisotopic (exact) mass is 265 g/mol. The summed E-state index contributed by atoms with van der Waals surface area (Å²) in [5.41, 5.74) is 3.09. The molecule has 0 saturated heterocycles. The highest BCUT2D eigenvalue weighted by Crippen LogP contribution is 2.34. The molecule has 1 N–H and O–H groups in total. The molecule has 1 aromatic rings. The second-order valence-corrected chi connectivity index (χ2v) is 5.77. The molecule has 0 radical (unpaired) electrons. The minimum Gasteiger partial charge on any atom is -0.316 e. The smallest absolute Gasteiger partial charge is 0.0226 e. The van der Waals surface area contributed by atoms with Crippen molar-refractivity contribution in [3.8, 4) is 0 Å². The van der Waals surface area contributed by atoms with Gasteiger partial charge in [0.25, 0.3) is 0 Å². The van der Waals surface area contributed by atoms with E-state index >= 15 is 0 Å². The highest BCUT2D eigenvalue weighted by molar-refractivity contribution is 6.17. The lowest BCUT2D eigenvalue weighted by atomic mass is 9.77. The van der Waals surface area contributed by atoms with Crippen LogP contribution in [-0.4, -0.2) is 19.0 Å². The third kappa shape index (κ3) is 3.49. The van der Waals surface area contributed by atoms with Gasteiger partial charge in [-0.05, 0) is 42.9 Å². The van der Waals surface area contributed by atoms with Crippen molar-refractivity contribution < 1.29 is 0 Å². The van der Waals surface area contributed by atoms with Crippen molar-refractivity contribution in [2.24, 2.45) is 5.92 Å². The third-order valence-electron chi connectivity index (χ3n) is 4.00. The van der Waals surface area contributed by atoms with E-state index in [0.717, 1.165) is 37.2 Å². The maximum absolute atomic E-state index is 5.85. The Bertz CT molecular complexity index is 358. The van der Waals surface area contributed by atoms with Crippen molar-refractivity contribution >= 4 is 11.6 Å². The highest BCUT2D eigenvalue weighted by atomic mass is 35.5. The second-order valence-electron chi connectivity index (χ2n) is 5.39. The summed E-state index contributed by atoms with van der Waals surface area (Å²) in [5, 5.41) is 3.64. The molecule has 1 aliphatic carbocycles. The van der Waals surface area contributed by atoms with Gasteiger partial charge in [-0.3, -0.25) is 0 Å². The molecule has 2 unspecified atom stereocenters. The number of nitrogens with one attached hydrogen (secondary N) is 1. The first-order valence-corrected chi connectivity index (χ1v) is 7.73. The maximum atomic E-state index is 5.85. The minimum absolute atomic E-state index is 0.736. The first kappa shape index (κ1) is 13.9. The number of fused-ring (bicyclic) bond motifs is 1. The number of benzene rings is 1. The van der Waals surface area contributed by atoms with Gasteiger partial charge in [-0.1, -0.05) is 37.6 Å². The summed E-state index contributed by atoms with van der Waals surface area (Å²) in [6.45, 7) is 4.50. The van der Waals surface area contributed by atoms with E-state index in [1.807, 2.05) is 0 Å². The minimum atomic E-state index is 0.736. The van der Waals surface area contributed by atoms with Crippen LogP contribution in [0.5, 0.6) is 0 Å². The lowest BCUT2D eigenvalue weighted by molar-refractivity contribution is 0.414. The average Bonchev–Trinajstić information content (AvgIpc) is 2.35. The molecule has 0 aliphatic heterocycles. The quantitative estimate of drug-likeness (QED) is 0.702. The summed E-state index contributed by atoms with van der Waals surface area (Å²) >= 11 is 5.85. The first-order valence-electron chi connectivity index (χ1n) is 7.19. The Balaban J connectivity index is 1.70. The molecule has 2 rings (SSSR count). The second kappa shape index (κ2) is 7.16. The molecule has 0 heterocycles. The third-order valence-corrected chi connectivity index (χ3v) is 4.22. The van der Waals surface area contributed by atoms with Crippen LogP contribution >= 0.6 is 11.6 Å². The van der Waals surface area contributed by atoms with Gasteiger partial charge in [-0.2, -0.15) is 0 Å². The fraction of sp³-hybridized carbons (Fsp3) is 0.625. The van der Waals surface area contributed by atoms with E-state index in [-0.39, 0.29) is 0 Å². The van der Waals surface area contributed by atoms with Crippen LogP contribution in [0.15, 0.2) is 24.3 Å². The number of halogens is 1. The Morgan fingerprint density at radius 2 is 2.17 bits per heavy atom. The predicted octanol–water partition coefficient (Wildman–Crippen LogP) is 3.96. The van der Waals surface area contributed by atoms with Crippen molar-refractivity contribution in [1.82, 2.24) is 5.32 Å². The maximum Gasteiger partial charge on any atom is 0.0226 e. The van der Waals surface area contributed by atoms with Crippen molar-refractivity contribution in [1.29, 1.82) is 0 Å². The van der Waals surface area contributed by atoms with Gasteiger partial charge in [0.1, 0.15) is 0 Å². The Kier molecular flexibility index (Phi) is 5.52. The summed E-state index contributed by atoms with van der Waals surface area (Å²) in [4.78, 5) is 0. The van der Waals surface area contributed by atoms with Crippen LogP contribution in [0, 0.1) is 5.92 Å². The summed E-state index contributed by atoms with van der Waals surface area (Å²) in [6, 6.07) is 8.81. The summed E-state index contributed by atoms with van der Waals surface area (Å²) in [6.07, 6.45) is 4.94. The molecule has 0 fully saturated rings. The molecule has 1 aliphatic rings. The van der Waals surface area contributed by atoms with E-state index in [4.69, 9.17) is 11.6 Å². The van der Waals surface area contributed by atoms with Gasteiger partial charge in [0.2, 0.25) is 0 Å². The van der Waals surface area contributed by atoms with Crippen LogP contribution in [0.2, 0.25) is 0 Å². The molecule has 0 aromatic heterocycles. The average molecular weight is 266 g/mol. The van der Waals surface area contributed by atoms with Crippen LogP contribution < -0.4 is 5.32 Å². The Morgan fingerprint density at radius 1 is 1.33 bits per heavy atom. The van der Waals surface area contributed by atoms with Gasteiger partial charge in [0, 0.05) is 18.3 Å². The molecule has 0 bridgehead atoms. The van der Waals surface area contributed by atoms with Gasteiger partial charge in [-0.25, -0.2) is 0 Å². The number of alkyl halides is 1. The van der Waals surface area contributed by atoms with Crippen LogP contribution in [-0.2, 0) is 6.42 Å². The Morgan fingerprint density at radius 3 is 2.89 bits per heavy atom. The summed E-state index contributed by atoms with van der Waals surface area (Å²) < 4.78 is 0. The van der Waals surface area contributed by atoms with Crippen molar-refractivity contribution in [2.45, 2.75) is 38.5 Å². The van der Waals surface area contributed by atoms with Crippen molar-refractivity contribution in [3.63, 3.8) is 0 Å². The Hall–Kier alpha value is -0.530. The van der Waals surface area contributed by atoms with E-state index in [1.165, 1.54) is 24.8 Å². The SMILES string of the molecule is CCCC(CCCl)CNCC1Cc2ccccc21. The topological polar surface area (TPSA) is 12.0 Å². The molecule has 0 amide bonds. The fourth-order valence-corrected chi connectivity index (χ4v) is 3.23. The van der Waals surface area contributed by atoms with Gasteiger partial charge in [0.15, 0.2) is 0 Å². The van der Waals surface area contributed by atoms with Crippen LogP contribution in [0.3, 0.4) is 0 Å². The van der Waals surface area contributed by atoms with Crippen LogP contribution in [0.25, 0.3) is 0 Å². The molecule has 2 atom stereocenters. The molecule has 2 heteroatoms. The molecule has 1 aromatic carbocycles. The van der Waals surface area contributed by atoms with Crippen LogP contribution in [0.4, 0.5) is 0 Å².